The molecule has 12 nitrogen and oxygen atoms in total. The van der Waals surface area contributed by atoms with Crippen LogP contribution in [-0.2, 0) is 21.0 Å². The third-order valence-electron chi connectivity index (χ3n) is 7.58. The first-order chi connectivity index (χ1) is 21.4. The second kappa shape index (κ2) is 13.5. The first-order valence-corrected chi connectivity index (χ1v) is 15.6. The molecule has 4 heterocycles. The topological polar surface area (TPSA) is 152 Å². The van der Waals surface area contributed by atoms with Crippen LogP contribution in [-0.4, -0.2) is 60.2 Å². The lowest BCUT2D eigenvalue weighted by Gasteiger charge is -2.28. The maximum atomic E-state index is 14.8. The van der Waals surface area contributed by atoms with Crippen molar-refractivity contribution in [2.75, 3.05) is 11.9 Å². The lowest BCUT2D eigenvalue weighted by Crippen LogP contribution is -2.43. The number of nitrogens with two attached hydrogens (primary N) is 1. The second-order valence-electron chi connectivity index (χ2n) is 11.9. The number of carbonyl (C=O) groups is 2. The molecule has 0 aliphatic heterocycles. The largest absolute Gasteiger partial charge is 0.441 e. The van der Waals surface area contributed by atoms with Crippen molar-refractivity contribution in [3.63, 3.8) is 0 Å². The molecule has 0 bridgehead atoms. The summed E-state index contributed by atoms with van der Waals surface area (Å²) in [6.07, 6.45) is 8.22. The molecular formula is C30H36F2N8O4S. The highest BCUT2D eigenvalue weighted by Gasteiger charge is 2.29. The molecule has 1 aliphatic carbocycles. The van der Waals surface area contributed by atoms with Gasteiger partial charge in [-0.25, -0.2) is 19.0 Å². The molecule has 0 unspecified atom stereocenters. The fourth-order valence-corrected chi connectivity index (χ4v) is 5.73. The van der Waals surface area contributed by atoms with Gasteiger partial charge in [-0.3, -0.25) is 14.3 Å². The Hall–Kier alpha value is -4.08. The number of hydrogen-bond acceptors (Lipinski definition) is 10. The lowest BCUT2D eigenvalue weighted by atomic mass is 9.87. The number of esters is 1. The van der Waals surface area contributed by atoms with Gasteiger partial charge in [-0.2, -0.15) is 14.6 Å². The molecule has 1 fully saturated rings. The molecule has 0 aromatic carbocycles. The zero-order chi connectivity index (χ0) is 32.3. The van der Waals surface area contributed by atoms with E-state index < -0.39 is 35.1 Å². The highest BCUT2D eigenvalue weighted by atomic mass is 32.1. The van der Waals surface area contributed by atoms with Gasteiger partial charge in [0, 0.05) is 29.9 Å². The maximum Gasteiger partial charge on any atom is 0.325 e. The van der Waals surface area contributed by atoms with Crippen LogP contribution in [0.1, 0.15) is 69.9 Å². The summed E-state index contributed by atoms with van der Waals surface area (Å²) in [5, 5.41) is 13.6. The van der Waals surface area contributed by atoms with Crippen molar-refractivity contribution in [1.29, 1.82) is 0 Å². The summed E-state index contributed by atoms with van der Waals surface area (Å²) in [6.45, 7) is 8.01. The molecule has 240 valence electrons. The normalized spacial score (nSPS) is 17.7. The molecule has 1 atom stereocenters. The number of rotatable bonds is 10. The number of thiazole rings is 1. The van der Waals surface area contributed by atoms with Gasteiger partial charge in [-0.05, 0) is 50.2 Å². The van der Waals surface area contributed by atoms with Crippen molar-refractivity contribution in [1.82, 2.24) is 29.5 Å². The number of nitrogens with one attached hydrogen (secondary N) is 1. The summed E-state index contributed by atoms with van der Waals surface area (Å²) in [5.41, 5.74) is 6.11. The van der Waals surface area contributed by atoms with Crippen LogP contribution in [0.3, 0.4) is 0 Å². The van der Waals surface area contributed by atoms with E-state index in [0.29, 0.717) is 17.2 Å². The van der Waals surface area contributed by atoms with Gasteiger partial charge in [-0.1, -0.05) is 20.8 Å². The van der Waals surface area contributed by atoms with Crippen LogP contribution in [0, 0.1) is 17.2 Å². The molecule has 5 rings (SSSR count). The Labute approximate surface area is 263 Å². The minimum Gasteiger partial charge on any atom is -0.441 e. The van der Waals surface area contributed by atoms with Crippen LogP contribution >= 0.6 is 11.3 Å². The zero-order valence-corrected chi connectivity index (χ0v) is 26.3. The second-order valence-corrected chi connectivity index (χ2v) is 12.8. The first kappa shape index (κ1) is 32.3. The Morgan fingerprint density at radius 3 is 2.60 bits per heavy atom. The molecule has 1 amide bonds. The Morgan fingerprint density at radius 2 is 1.89 bits per heavy atom. The maximum absolute atomic E-state index is 14.8. The van der Waals surface area contributed by atoms with Crippen molar-refractivity contribution >= 4 is 28.9 Å². The molecule has 1 saturated carbocycles. The van der Waals surface area contributed by atoms with Crippen LogP contribution in [0.5, 0.6) is 0 Å². The van der Waals surface area contributed by atoms with Gasteiger partial charge in [0.1, 0.15) is 28.1 Å². The van der Waals surface area contributed by atoms with Crippen LogP contribution in [0.15, 0.2) is 36.1 Å². The predicted octanol–water partition coefficient (Wildman–Crippen LogP) is 5.19. The van der Waals surface area contributed by atoms with Crippen molar-refractivity contribution < 1.29 is 27.8 Å². The van der Waals surface area contributed by atoms with Crippen LogP contribution in [0.25, 0.3) is 22.0 Å². The Morgan fingerprint density at radius 1 is 1.13 bits per heavy atom. The molecular weight excluding hydrogens is 606 g/mol. The van der Waals surface area contributed by atoms with Gasteiger partial charge < -0.3 is 20.5 Å². The van der Waals surface area contributed by atoms with Crippen LogP contribution in [0.2, 0.25) is 0 Å². The smallest absolute Gasteiger partial charge is 0.325 e. The Balaban J connectivity index is 1.31. The summed E-state index contributed by atoms with van der Waals surface area (Å²) in [6, 6.07) is 1.10. The molecule has 15 heteroatoms. The molecule has 0 saturated heterocycles. The first-order valence-electron chi connectivity index (χ1n) is 14.7. The Bertz CT molecular complexity index is 1660. The van der Waals surface area contributed by atoms with E-state index in [1.807, 2.05) is 27.7 Å². The fourth-order valence-electron chi connectivity index (χ4n) is 4.96. The van der Waals surface area contributed by atoms with E-state index in [2.05, 4.69) is 25.5 Å². The molecule has 3 N–H and O–H groups in total. The fraction of sp³-hybridized carbons (Fsp3) is 0.467. The van der Waals surface area contributed by atoms with E-state index in [4.69, 9.17) is 15.2 Å². The number of hydrogen-bond donors (Lipinski definition) is 2. The van der Waals surface area contributed by atoms with Crippen LogP contribution < -0.4 is 11.1 Å². The molecule has 0 spiro atoms. The number of halogens is 2. The molecule has 4 aromatic rings. The van der Waals surface area contributed by atoms with E-state index in [9.17, 15) is 18.4 Å². The highest BCUT2D eigenvalue weighted by molar-refractivity contribution is 7.13. The summed E-state index contributed by atoms with van der Waals surface area (Å²) >= 11 is 1.22. The standard InChI is InChI=1S/C30H36F2N8O4S/c1-5-43-19-8-6-18(7-9-19)40-14-21(25(38-40)24-20(31)10-11-23(32)37-24)35-27(41)22-15-45-28(36-22)17-12-34-39(13-17)16-44-29(42)26(33)30(2,3)4/h10-15,18-19,26H,5-9,16,33H2,1-4H3,(H,35,41)/t18-,19-,26-/m1/s1. The highest BCUT2D eigenvalue weighted by Crippen LogP contribution is 2.35. The van der Waals surface area contributed by atoms with Gasteiger partial charge in [0.05, 0.1) is 24.0 Å². The molecule has 0 radical (unpaired) electrons. The average Bonchev–Trinajstić information content (AvgIpc) is 3.77. The Kier molecular flexibility index (Phi) is 9.70. The van der Waals surface area contributed by atoms with Crippen molar-refractivity contribution in [2.45, 2.75) is 78.3 Å². The number of pyridine rings is 1. The minimum atomic E-state index is -0.869. The third kappa shape index (κ3) is 7.60. The average molecular weight is 643 g/mol. The number of ether oxygens (including phenoxy) is 2. The number of carbonyl (C=O) groups excluding carboxylic acids is 2. The van der Waals surface area contributed by atoms with Gasteiger partial charge >= 0.3 is 5.97 Å². The van der Waals surface area contributed by atoms with Crippen molar-refractivity contribution in [3.8, 4) is 22.0 Å². The van der Waals surface area contributed by atoms with E-state index in [-0.39, 0.29) is 41.6 Å². The van der Waals surface area contributed by atoms with E-state index in [1.54, 1.807) is 28.7 Å². The summed E-state index contributed by atoms with van der Waals surface area (Å²) < 4.78 is 43.0. The quantitative estimate of drug-likeness (QED) is 0.176. The minimum absolute atomic E-state index is 0.00591. The number of amides is 1. The van der Waals surface area contributed by atoms with Gasteiger partial charge in [0.25, 0.3) is 5.91 Å². The van der Waals surface area contributed by atoms with Crippen molar-refractivity contribution in [2.24, 2.45) is 11.1 Å². The summed E-state index contributed by atoms with van der Waals surface area (Å²) in [5.74, 6) is -2.74. The van der Waals surface area contributed by atoms with E-state index in [0.717, 1.165) is 37.8 Å². The summed E-state index contributed by atoms with van der Waals surface area (Å²) in [7, 11) is 0. The summed E-state index contributed by atoms with van der Waals surface area (Å²) in [4.78, 5) is 33.7. The zero-order valence-electron chi connectivity index (χ0n) is 25.5. The number of anilines is 1. The van der Waals surface area contributed by atoms with Gasteiger partial charge in [0.2, 0.25) is 5.95 Å². The number of aromatic nitrogens is 6. The molecule has 4 aromatic heterocycles. The SMILES string of the molecule is CCO[C@H]1CC[C@H](n2cc(NC(=O)c3csc(-c4cnn(COC(=O)[C@@H](N)C(C)(C)C)c4)n3)c(-c3nc(F)ccc3F)n2)CC1. The van der Waals surface area contributed by atoms with Gasteiger partial charge in [-0.15, -0.1) is 11.3 Å². The van der Waals surface area contributed by atoms with E-state index >= 15 is 0 Å². The van der Waals surface area contributed by atoms with Crippen LogP contribution in [0.4, 0.5) is 14.5 Å². The molecule has 1 aliphatic rings. The third-order valence-corrected chi connectivity index (χ3v) is 8.47. The predicted molar refractivity (Wildman–Crippen MR) is 163 cm³/mol. The molecule has 45 heavy (non-hydrogen) atoms. The monoisotopic (exact) mass is 642 g/mol. The van der Waals surface area contributed by atoms with Gasteiger partial charge in [0.15, 0.2) is 12.5 Å². The van der Waals surface area contributed by atoms with Crippen molar-refractivity contribution in [3.05, 3.63) is 53.6 Å². The lowest BCUT2D eigenvalue weighted by molar-refractivity contribution is -0.152. The number of nitrogens with zero attached hydrogens (tertiary/aromatic N) is 6. The van der Waals surface area contributed by atoms with E-state index in [1.165, 1.54) is 16.0 Å².